The summed E-state index contributed by atoms with van der Waals surface area (Å²) in [7, 11) is 2.20. The topological polar surface area (TPSA) is 39.1 Å². The average molecular weight is 265 g/mol. The van der Waals surface area contributed by atoms with Gasteiger partial charge in [0.15, 0.2) is 0 Å². The Morgan fingerprint density at radius 3 is 2.37 bits per heavy atom. The van der Waals surface area contributed by atoms with Crippen molar-refractivity contribution in [2.24, 2.45) is 0 Å². The van der Waals surface area contributed by atoms with E-state index >= 15 is 0 Å². The lowest BCUT2D eigenvalue weighted by Crippen LogP contribution is -2.43. The van der Waals surface area contributed by atoms with Gasteiger partial charge in [0.2, 0.25) is 0 Å². The molecular weight excluding hydrogens is 234 g/mol. The summed E-state index contributed by atoms with van der Waals surface area (Å²) in [5.41, 5.74) is -0.0369. The van der Waals surface area contributed by atoms with E-state index in [1.807, 2.05) is 6.92 Å². The number of nitrogens with zero attached hydrogens (tertiary/aromatic N) is 2. The van der Waals surface area contributed by atoms with Crippen LogP contribution in [0.4, 0.5) is 0 Å². The number of unbranched alkanes of at least 4 members (excludes halogenated alkanes) is 1. The predicted molar refractivity (Wildman–Crippen MR) is 81.0 cm³/mol. The van der Waals surface area contributed by atoms with Crippen LogP contribution in [0.25, 0.3) is 0 Å². The van der Waals surface area contributed by atoms with E-state index in [0.717, 1.165) is 19.4 Å². The molecule has 0 spiro atoms. The van der Waals surface area contributed by atoms with Gasteiger partial charge in [-0.1, -0.05) is 6.92 Å². The first-order chi connectivity index (χ1) is 8.83. The van der Waals surface area contributed by atoms with Crippen molar-refractivity contribution in [1.29, 1.82) is 5.26 Å². The number of nitriles is 1. The van der Waals surface area contributed by atoms with Gasteiger partial charge in [-0.3, -0.25) is 5.32 Å². The molecule has 0 aromatic rings. The lowest BCUT2D eigenvalue weighted by atomic mass is 9.95. The maximum Gasteiger partial charge on any atom is 0.104 e. The van der Waals surface area contributed by atoms with Gasteiger partial charge in [-0.2, -0.15) is 5.26 Å². The van der Waals surface area contributed by atoms with E-state index in [-0.39, 0.29) is 11.1 Å². The molecule has 1 N–H and O–H groups in total. The zero-order valence-electron chi connectivity index (χ0n) is 13.4. The molecule has 0 aliphatic heterocycles. The molecule has 3 nitrogen and oxygen atoms in total. The molecule has 1 fully saturated rings. The van der Waals surface area contributed by atoms with Crippen LogP contribution in [0.5, 0.6) is 0 Å². The largest absolute Gasteiger partial charge is 0.301 e. The van der Waals surface area contributed by atoms with Gasteiger partial charge in [0.25, 0.3) is 0 Å². The molecule has 1 saturated carbocycles. The minimum absolute atomic E-state index is 0.283. The van der Waals surface area contributed by atoms with Crippen LogP contribution in [0.3, 0.4) is 0 Å². The second kappa shape index (κ2) is 6.72. The summed E-state index contributed by atoms with van der Waals surface area (Å²) in [6.07, 6.45) is 6.90. The lowest BCUT2D eigenvalue weighted by molar-refractivity contribution is 0.147. The van der Waals surface area contributed by atoms with Crippen LogP contribution < -0.4 is 5.32 Å². The Hall–Kier alpha value is -0.590. The molecule has 1 aliphatic carbocycles. The molecule has 19 heavy (non-hydrogen) atoms. The quantitative estimate of drug-likeness (QED) is 0.650. The van der Waals surface area contributed by atoms with Crippen LogP contribution in [0.1, 0.15) is 66.2 Å². The SMILES string of the molecule is CCC(C)(C)N(C)CCCCC(C)(C#N)NC1CC1. The van der Waals surface area contributed by atoms with E-state index in [4.69, 9.17) is 0 Å². The normalized spacial score (nSPS) is 19.2. The highest BCUT2D eigenvalue weighted by Gasteiger charge is 2.32. The number of hydrogen-bond acceptors (Lipinski definition) is 3. The second-order valence-electron chi connectivity index (χ2n) is 6.91. The van der Waals surface area contributed by atoms with Crippen molar-refractivity contribution in [3.05, 3.63) is 0 Å². The molecule has 1 rings (SSSR count). The van der Waals surface area contributed by atoms with Gasteiger partial charge in [0.05, 0.1) is 6.07 Å². The summed E-state index contributed by atoms with van der Waals surface area (Å²) >= 11 is 0. The number of hydrogen-bond donors (Lipinski definition) is 1. The molecule has 3 heteroatoms. The van der Waals surface area contributed by atoms with Gasteiger partial charge in [0.1, 0.15) is 5.54 Å². The van der Waals surface area contributed by atoms with Crippen molar-refractivity contribution in [1.82, 2.24) is 10.2 Å². The van der Waals surface area contributed by atoms with Gasteiger partial charge in [-0.05, 0) is 72.9 Å². The molecule has 0 aromatic carbocycles. The van der Waals surface area contributed by atoms with Gasteiger partial charge < -0.3 is 4.90 Å². The molecule has 1 aliphatic rings. The van der Waals surface area contributed by atoms with Crippen LogP contribution in [-0.2, 0) is 0 Å². The van der Waals surface area contributed by atoms with E-state index in [1.165, 1.54) is 25.7 Å². The van der Waals surface area contributed by atoms with E-state index < -0.39 is 0 Å². The third-order valence-electron chi connectivity index (χ3n) is 4.67. The molecule has 0 saturated heterocycles. The highest BCUT2D eigenvalue weighted by Crippen LogP contribution is 2.25. The standard InChI is InChI=1S/C16H31N3/c1-6-15(2,3)19(5)12-8-7-11-16(4,13-17)18-14-9-10-14/h14,18H,6-12H2,1-5H3. The first-order valence-electron chi connectivity index (χ1n) is 7.73. The Balaban J connectivity index is 2.24. The Morgan fingerprint density at radius 2 is 1.89 bits per heavy atom. The predicted octanol–water partition coefficient (Wildman–Crippen LogP) is 3.31. The van der Waals surface area contributed by atoms with Crippen LogP contribution in [0.2, 0.25) is 0 Å². The fraction of sp³-hybridized carbons (Fsp3) is 0.938. The van der Waals surface area contributed by atoms with Crippen molar-refractivity contribution >= 4 is 0 Å². The monoisotopic (exact) mass is 265 g/mol. The van der Waals surface area contributed by atoms with Crippen molar-refractivity contribution in [2.75, 3.05) is 13.6 Å². The summed E-state index contributed by atoms with van der Waals surface area (Å²) in [5.74, 6) is 0. The summed E-state index contributed by atoms with van der Waals surface area (Å²) < 4.78 is 0. The summed E-state index contributed by atoms with van der Waals surface area (Å²) in [6, 6.07) is 3.06. The minimum atomic E-state index is -0.319. The number of rotatable bonds is 9. The molecule has 0 radical (unpaired) electrons. The lowest BCUT2D eigenvalue weighted by Gasteiger charge is -2.35. The van der Waals surface area contributed by atoms with Crippen LogP contribution in [0.15, 0.2) is 0 Å². The zero-order valence-corrected chi connectivity index (χ0v) is 13.4. The third kappa shape index (κ3) is 5.50. The average Bonchev–Trinajstić information content (AvgIpc) is 3.18. The molecule has 0 amide bonds. The fourth-order valence-electron chi connectivity index (χ4n) is 2.24. The van der Waals surface area contributed by atoms with Crippen molar-refractivity contribution in [3.63, 3.8) is 0 Å². The second-order valence-corrected chi connectivity index (χ2v) is 6.91. The molecule has 1 unspecified atom stereocenters. The maximum absolute atomic E-state index is 9.31. The third-order valence-corrected chi connectivity index (χ3v) is 4.67. The van der Waals surface area contributed by atoms with Crippen LogP contribution in [0, 0.1) is 11.3 Å². The van der Waals surface area contributed by atoms with Gasteiger partial charge in [-0.25, -0.2) is 0 Å². The summed E-state index contributed by atoms with van der Waals surface area (Å²) in [5, 5.41) is 12.8. The molecule has 110 valence electrons. The van der Waals surface area contributed by atoms with Crippen LogP contribution >= 0.6 is 0 Å². The molecule has 0 heterocycles. The Bertz CT molecular complexity index is 314. The highest BCUT2D eigenvalue weighted by atomic mass is 15.2. The first-order valence-corrected chi connectivity index (χ1v) is 7.73. The van der Waals surface area contributed by atoms with E-state index in [2.05, 4.69) is 44.1 Å². The minimum Gasteiger partial charge on any atom is -0.301 e. The van der Waals surface area contributed by atoms with Crippen molar-refractivity contribution < 1.29 is 0 Å². The van der Waals surface area contributed by atoms with Gasteiger partial charge in [-0.15, -0.1) is 0 Å². The van der Waals surface area contributed by atoms with Crippen molar-refractivity contribution in [2.45, 2.75) is 83.3 Å². The van der Waals surface area contributed by atoms with Gasteiger partial charge in [0, 0.05) is 11.6 Å². The van der Waals surface area contributed by atoms with E-state index in [1.54, 1.807) is 0 Å². The number of nitrogens with one attached hydrogen (secondary N) is 1. The fourth-order valence-corrected chi connectivity index (χ4v) is 2.24. The highest BCUT2D eigenvalue weighted by molar-refractivity contribution is 5.06. The smallest absolute Gasteiger partial charge is 0.104 e. The van der Waals surface area contributed by atoms with Gasteiger partial charge >= 0.3 is 0 Å². The maximum atomic E-state index is 9.31. The summed E-state index contributed by atoms with van der Waals surface area (Å²) in [4.78, 5) is 2.44. The zero-order chi connectivity index (χ0) is 14.5. The van der Waals surface area contributed by atoms with E-state index in [0.29, 0.717) is 6.04 Å². The Morgan fingerprint density at radius 1 is 1.26 bits per heavy atom. The Labute approximate surface area is 119 Å². The summed E-state index contributed by atoms with van der Waals surface area (Å²) in [6.45, 7) is 9.99. The molecule has 0 bridgehead atoms. The molecular formula is C16H31N3. The van der Waals surface area contributed by atoms with E-state index in [9.17, 15) is 5.26 Å². The molecule has 0 aromatic heterocycles. The van der Waals surface area contributed by atoms with Crippen molar-refractivity contribution in [3.8, 4) is 6.07 Å². The van der Waals surface area contributed by atoms with Crippen LogP contribution in [-0.4, -0.2) is 35.6 Å². The Kier molecular flexibility index (Phi) is 5.82. The molecule has 1 atom stereocenters. The first kappa shape index (κ1) is 16.5.